The molecule has 3 amide bonds. The number of carbonyl (C=O) groups is 3. The summed E-state index contributed by atoms with van der Waals surface area (Å²) in [5, 5.41) is 2.75. The van der Waals surface area contributed by atoms with Crippen LogP contribution in [0, 0.1) is 5.92 Å². The first-order valence-electron chi connectivity index (χ1n) is 7.07. The van der Waals surface area contributed by atoms with Crippen molar-refractivity contribution in [1.82, 2.24) is 10.2 Å². The Bertz CT molecular complexity index is 622. The first kappa shape index (κ1) is 12.5. The van der Waals surface area contributed by atoms with Gasteiger partial charge in [-0.1, -0.05) is 12.1 Å². The molecule has 6 heteroatoms. The van der Waals surface area contributed by atoms with Gasteiger partial charge in [-0.25, -0.2) is 4.90 Å². The predicted molar refractivity (Wildman–Crippen MR) is 71.1 cm³/mol. The van der Waals surface area contributed by atoms with Crippen molar-refractivity contribution in [2.24, 2.45) is 5.92 Å². The van der Waals surface area contributed by atoms with Crippen LogP contribution in [0.1, 0.15) is 40.0 Å². The molecule has 2 fully saturated rings. The summed E-state index contributed by atoms with van der Waals surface area (Å²) in [6.45, 7) is 0. The Labute approximate surface area is 121 Å². The van der Waals surface area contributed by atoms with Crippen molar-refractivity contribution in [1.29, 1.82) is 0 Å². The summed E-state index contributed by atoms with van der Waals surface area (Å²) in [5.41, 5.74) is 0.840. The lowest BCUT2D eigenvalue weighted by Gasteiger charge is -2.35. The van der Waals surface area contributed by atoms with E-state index in [2.05, 4.69) is 5.32 Å². The van der Waals surface area contributed by atoms with Gasteiger partial charge in [-0.2, -0.15) is 0 Å². The maximum Gasteiger partial charge on any atom is 0.263 e. The first-order valence-corrected chi connectivity index (χ1v) is 7.07. The highest BCUT2D eigenvalue weighted by Crippen LogP contribution is 2.34. The molecule has 0 bridgehead atoms. The third-order valence-corrected chi connectivity index (χ3v) is 4.38. The summed E-state index contributed by atoms with van der Waals surface area (Å²) < 4.78 is 5.79. The van der Waals surface area contributed by atoms with E-state index in [1.54, 1.807) is 24.3 Å². The Morgan fingerprint density at radius 3 is 2.38 bits per heavy atom. The number of carbonyl (C=O) groups excluding carboxylic acids is 3. The summed E-state index contributed by atoms with van der Waals surface area (Å²) in [4.78, 5) is 37.4. The Morgan fingerprint density at radius 1 is 1.05 bits per heavy atom. The van der Waals surface area contributed by atoms with E-state index < -0.39 is 6.23 Å². The van der Waals surface area contributed by atoms with Crippen LogP contribution >= 0.6 is 0 Å². The average Bonchev–Trinajstić information content (AvgIpc) is 2.97. The molecule has 21 heavy (non-hydrogen) atoms. The number of hydrogen-bond acceptors (Lipinski definition) is 4. The molecule has 3 aliphatic heterocycles. The lowest BCUT2D eigenvalue weighted by atomic mass is 9.97. The average molecular weight is 286 g/mol. The zero-order valence-electron chi connectivity index (χ0n) is 11.2. The standard InChI is InChI=1S/C15H14N2O4/c18-11-7-8-5-6-12(21-13(8)16-11)17-14(19)9-3-1-2-4-10(9)15(17)20/h1-4,8,12-13H,5-7H2,(H,16,18)/t8-,12+,13-/m1/s1. The summed E-state index contributed by atoms with van der Waals surface area (Å²) >= 11 is 0. The molecule has 0 unspecified atom stereocenters. The van der Waals surface area contributed by atoms with Crippen LogP contribution in [-0.4, -0.2) is 35.1 Å². The van der Waals surface area contributed by atoms with Crippen LogP contribution in [0.25, 0.3) is 0 Å². The molecule has 1 aromatic rings. The van der Waals surface area contributed by atoms with Crippen molar-refractivity contribution in [3.8, 4) is 0 Å². The zero-order valence-corrected chi connectivity index (χ0v) is 11.2. The molecule has 0 aromatic heterocycles. The van der Waals surface area contributed by atoms with E-state index in [1.165, 1.54) is 4.90 Å². The van der Waals surface area contributed by atoms with Crippen LogP contribution in [0.3, 0.4) is 0 Å². The molecule has 3 atom stereocenters. The Morgan fingerprint density at radius 2 is 1.71 bits per heavy atom. The largest absolute Gasteiger partial charge is 0.335 e. The number of rotatable bonds is 1. The Kier molecular flexibility index (Phi) is 2.62. The maximum absolute atomic E-state index is 12.4. The van der Waals surface area contributed by atoms with Crippen molar-refractivity contribution < 1.29 is 19.1 Å². The highest BCUT2D eigenvalue weighted by molar-refractivity contribution is 6.21. The molecular weight excluding hydrogens is 272 g/mol. The van der Waals surface area contributed by atoms with E-state index in [0.717, 1.165) is 6.42 Å². The molecule has 0 spiro atoms. The van der Waals surface area contributed by atoms with Gasteiger partial charge in [0.25, 0.3) is 11.8 Å². The number of benzene rings is 1. The van der Waals surface area contributed by atoms with Gasteiger partial charge in [-0.05, 0) is 25.0 Å². The number of ether oxygens (including phenoxy) is 1. The number of amides is 3. The second-order valence-corrected chi connectivity index (χ2v) is 5.65. The van der Waals surface area contributed by atoms with Crippen LogP contribution in [-0.2, 0) is 9.53 Å². The van der Waals surface area contributed by atoms with Crippen LogP contribution in [0.15, 0.2) is 24.3 Å². The van der Waals surface area contributed by atoms with Crippen LogP contribution in [0.4, 0.5) is 0 Å². The molecular formula is C15H14N2O4. The molecule has 1 aromatic carbocycles. The first-order chi connectivity index (χ1) is 10.1. The van der Waals surface area contributed by atoms with Gasteiger partial charge in [0.1, 0.15) is 12.5 Å². The van der Waals surface area contributed by atoms with Crippen molar-refractivity contribution >= 4 is 17.7 Å². The molecule has 2 saturated heterocycles. The summed E-state index contributed by atoms with van der Waals surface area (Å²) in [6.07, 6.45) is 0.806. The second-order valence-electron chi connectivity index (χ2n) is 5.65. The van der Waals surface area contributed by atoms with Gasteiger partial charge >= 0.3 is 0 Å². The monoisotopic (exact) mass is 286 g/mol. The normalized spacial score (nSPS) is 31.1. The van der Waals surface area contributed by atoms with E-state index >= 15 is 0 Å². The minimum atomic E-state index is -0.600. The van der Waals surface area contributed by atoms with E-state index in [0.29, 0.717) is 24.0 Å². The number of fused-ring (bicyclic) bond motifs is 2. The molecule has 3 aliphatic rings. The van der Waals surface area contributed by atoms with Gasteiger partial charge in [0.2, 0.25) is 5.91 Å². The SMILES string of the molecule is O=C1C[C@H]2CC[C@@H](N3C(=O)c4ccccc4C3=O)O[C@H]2N1. The maximum atomic E-state index is 12.4. The number of nitrogens with zero attached hydrogens (tertiary/aromatic N) is 1. The quantitative estimate of drug-likeness (QED) is 0.778. The number of nitrogens with one attached hydrogen (secondary N) is 1. The second kappa shape index (κ2) is 4.39. The molecule has 0 saturated carbocycles. The van der Waals surface area contributed by atoms with Crippen molar-refractivity contribution in [2.75, 3.05) is 0 Å². The molecule has 4 rings (SSSR count). The number of imide groups is 1. The zero-order chi connectivity index (χ0) is 14.6. The van der Waals surface area contributed by atoms with Crippen LogP contribution < -0.4 is 5.32 Å². The van der Waals surface area contributed by atoms with Gasteiger partial charge in [0.15, 0.2) is 0 Å². The van der Waals surface area contributed by atoms with Gasteiger partial charge < -0.3 is 10.1 Å². The van der Waals surface area contributed by atoms with Crippen LogP contribution in [0.2, 0.25) is 0 Å². The lowest BCUT2D eigenvalue weighted by Crippen LogP contribution is -2.49. The molecule has 0 aliphatic carbocycles. The third kappa shape index (κ3) is 1.79. The molecule has 108 valence electrons. The minimum absolute atomic E-state index is 0.0342. The summed E-state index contributed by atoms with van der Waals surface area (Å²) in [5.74, 6) is -0.524. The van der Waals surface area contributed by atoms with Crippen molar-refractivity contribution in [3.05, 3.63) is 35.4 Å². The molecule has 6 nitrogen and oxygen atoms in total. The summed E-state index contributed by atoms with van der Waals surface area (Å²) in [7, 11) is 0. The highest BCUT2D eigenvalue weighted by atomic mass is 16.5. The Balaban J connectivity index is 1.60. The molecule has 1 N–H and O–H groups in total. The highest BCUT2D eigenvalue weighted by Gasteiger charge is 2.46. The van der Waals surface area contributed by atoms with Crippen molar-refractivity contribution in [2.45, 2.75) is 31.7 Å². The van der Waals surface area contributed by atoms with E-state index in [9.17, 15) is 14.4 Å². The van der Waals surface area contributed by atoms with E-state index in [1.807, 2.05) is 0 Å². The third-order valence-electron chi connectivity index (χ3n) is 4.38. The van der Waals surface area contributed by atoms with E-state index in [-0.39, 0.29) is 29.9 Å². The number of hydrogen-bond donors (Lipinski definition) is 1. The molecule has 0 radical (unpaired) electrons. The minimum Gasteiger partial charge on any atom is -0.335 e. The fraction of sp³-hybridized carbons (Fsp3) is 0.400. The lowest BCUT2D eigenvalue weighted by molar-refractivity contribution is -0.131. The smallest absolute Gasteiger partial charge is 0.263 e. The Hall–Kier alpha value is -2.21. The van der Waals surface area contributed by atoms with E-state index in [4.69, 9.17) is 4.74 Å². The van der Waals surface area contributed by atoms with Crippen molar-refractivity contribution in [3.63, 3.8) is 0 Å². The fourth-order valence-electron chi connectivity index (χ4n) is 3.33. The van der Waals surface area contributed by atoms with Gasteiger partial charge in [0.05, 0.1) is 11.1 Å². The fourth-order valence-corrected chi connectivity index (χ4v) is 3.33. The summed E-state index contributed by atoms with van der Waals surface area (Å²) in [6, 6.07) is 6.78. The topological polar surface area (TPSA) is 75.7 Å². The predicted octanol–water partition coefficient (Wildman–Crippen LogP) is 0.881. The molecule has 3 heterocycles. The van der Waals surface area contributed by atoms with Crippen LogP contribution in [0.5, 0.6) is 0 Å². The van der Waals surface area contributed by atoms with Gasteiger partial charge in [-0.3, -0.25) is 14.4 Å². The van der Waals surface area contributed by atoms with Gasteiger partial charge in [-0.15, -0.1) is 0 Å². The van der Waals surface area contributed by atoms with Gasteiger partial charge in [0, 0.05) is 12.3 Å².